The van der Waals surface area contributed by atoms with Gasteiger partial charge in [0.25, 0.3) is 0 Å². The highest BCUT2D eigenvalue weighted by Crippen LogP contribution is 2.29. The molecule has 0 aliphatic carbocycles. The molecule has 3 rings (SSSR count). The average Bonchev–Trinajstić information content (AvgIpc) is 3.16. The number of hydrogen-bond donors (Lipinski definition) is 1. The lowest BCUT2D eigenvalue weighted by atomic mass is 9.86. The molecule has 3 heteroatoms. The molecule has 1 aromatic heterocycles. The quantitative estimate of drug-likeness (QED) is 0.414. The molecule has 0 aliphatic rings. The Hall–Kier alpha value is -2.39. The minimum Gasteiger partial charge on any atom is -0.343 e. The molecule has 3 aromatic rings. The van der Waals surface area contributed by atoms with E-state index in [-0.39, 0.29) is 10.8 Å². The lowest BCUT2D eigenvalue weighted by molar-refractivity contribution is 0.590. The summed E-state index contributed by atoms with van der Waals surface area (Å²) in [6, 6.07) is 20.1. The highest BCUT2D eigenvalue weighted by Gasteiger charge is 2.17. The maximum Gasteiger partial charge on any atom is 0.144 e. The topological polar surface area (TPSA) is 24.9 Å². The molecule has 2 nitrogen and oxygen atoms in total. The monoisotopic (exact) mass is 432 g/mol. The Morgan fingerprint density at radius 1 is 0.806 bits per heavy atom. The molecule has 1 N–H and O–H groups in total. The first-order valence-electron chi connectivity index (χ1n) is 11.1. The van der Waals surface area contributed by atoms with E-state index in [0.29, 0.717) is 0 Å². The van der Waals surface area contributed by atoms with Crippen LogP contribution in [0.4, 0.5) is 5.82 Å². The fourth-order valence-corrected chi connectivity index (χ4v) is 4.18. The number of benzene rings is 2. The summed E-state index contributed by atoms with van der Waals surface area (Å²) < 4.78 is 4.52. The van der Waals surface area contributed by atoms with E-state index >= 15 is 0 Å². The van der Waals surface area contributed by atoms with Crippen LogP contribution in [-0.2, 0) is 30.1 Å². The van der Waals surface area contributed by atoms with Crippen molar-refractivity contribution in [2.24, 2.45) is 0 Å². The van der Waals surface area contributed by atoms with Crippen LogP contribution in [0.1, 0.15) is 68.7 Å². The summed E-state index contributed by atoms with van der Waals surface area (Å²) in [7, 11) is 0. The van der Waals surface area contributed by atoms with E-state index in [1.165, 1.54) is 27.1 Å². The molecule has 2 aromatic carbocycles. The number of rotatable bonds is 7. The summed E-state index contributed by atoms with van der Waals surface area (Å²) in [6.07, 6.45) is 2.93. The predicted octanol–water partition coefficient (Wildman–Crippen LogP) is 7.69. The van der Waals surface area contributed by atoms with Crippen molar-refractivity contribution in [1.29, 1.82) is 0 Å². The average molecular weight is 433 g/mol. The third-order valence-electron chi connectivity index (χ3n) is 5.52. The molecule has 0 amide bonds. The number of allylic oxidation sites excluding steroid dienone is 1. The lowest BCUT2D eigenvalue weighted by Crippen LogP contribution is -2.10. The van der Waals surface area contributed by atoms with Crippen LogP contribution in [0.2, 0.25) is 0 Å². The number of aromatic nitrogens is 1. The molecular weight excluding hydrogens is 396 g/mol. The van der Waals surface area contributed by atoms with Crippen molar-refractivity contribution in [3.8, 4) is 0 Å². The predicted molar refractivity (Wildman–Crippen MR) is 136 cm³/mol. The van der Waals surface area contributed by atoms with E-state index in [9.17, 15) is 0 Å². The number of nitrogens with zero attached hydrogens (tertiary/aromatic N) is 1. The van der Waals surface area contributed by atoms with E-state index in [1.54, 1.807) is 11.5 Å². The van der Waals surface area contributed by atoms with Gasteiger partial charge in [0.2, 0.25) is 0 Å². The summed E-state index contributed by atoms with van der Waals surface area (Å²) in [5.41, 5.74) is 6.73. The Kier molecular flexibility index (Phi) is 7.06. The second-order valence-electron chi connectivity index (χ2n) is 10.5. The molecule has 0 unspecified atom stereocenters. The van der Waals surface area contributed by atoms with Crippen molar-refractivity contribution >= 4 is 17.4 Å². The summed E-state index contributed by atoms with van der Waals surface area (Å²) in [5, 5.41) is 3.36. The van der Waals surface area contributed by atoms with Crippen LogP contribution in [0, 0.1) is 0 Å². The Morgan fingerprint density at radius 2 is 1.32 bits per heavy atom. The van der Waals surface area contributed by atoms with Crippen LogP contribution in [0.15, 0.2) is 66.9 Å². The first-order valence-corrected chi connectivity index (χ1v) is 11.9. The van der Waals surface area contributed by atoms with E-state index in [2.05, 4.69) is 112 Å². The van der Waals surface area contributed by atoms with Crippen LogP contribution >= 0.6 is 11.5 Å². The summed E-state index contributed by atoms with van der Waals surface area (Å²) in [4.78, 5) is 1.28. The normalized spacial score (nSPS) is 12.1. The van der Waals surface area contributed by atoms with E-state index < -0.39 is 0 Å². The molecular formula is C28H36N2S. The highest BCUT2D eigenvalue weighted by atomic mass is 32.1. The second-order valence-corrected chi connectivity index (χ2v) is 11.3. The highest BCUT2D eigenvalue weighted by molar-refractivity contribution is 7.06. The van der Waals surface area contributed by atoms with E-state index in [1.807, 2.05) is 0 Å². The first-order chi connectivity index (χ1) is 14.5. The van der Waals surface area contributed by atoms with E-state index in [0.717, 1.165) is 30.8 Å². The minimum atomic E-state index is 0.128. The maximum atomic E-state index is 4.52. The van der Waals surface area contributed by atoms with Crippen molar-refractivity contribution in [1.82, 2.24) is 4.37 Å². The lowest BCUT2D eigenvalue weighted by Gasteiger charge is -2.19. The zero-order valence-corrected chi connectivity index (χ0v) is 20.7. The van der Waals surface area contributed by atoms with Gasteiger partial charge in [0.1, 0.15) is 5.82 Å². The molecule has 0 radical (unpaired) electrons. The third kappa shape index (κ3) is 6.80. The van der Waals surface area contributed by atoms with Gasteiger partial charge in [-0.05, 0) is 63.5 Å². The Balaban J connectivity index is 1.50. The summed E-state index contributed by atoms with van der Waals surface area (Å²) in [6.45, 7) is 17.6. The largest absolute Gasteiger partial charge is 0.343 e. The van der Waals surface area contributed by atoms with Gasteiger partial charge in [0, 0.05) is 17.0 Å². The molecule has 0 bridgehead atoms. The first kappa shape index (κ1) is 23.3. The maximum absolute atomic E-state index is 4.52. The zero-order chi connectivity index (χ0) is 22.6. The van der Waals surface area contributed by atoms with Gasteiger partial charge in [-0.15, -0.1) is 0 Å². The van der Waals surface area contributed by atoms with Gasteiger partial charge >= 0.3 is 0 Å². The molecule has 0 spiro atoms. The van der Waals surface area contributed by atoms with Crippen LogP contribution in [-0.4, -0.2) is 4.37 Å². The van der Waals surface area contributed by atoms with Gasteiger partial charge in [0.05, 0.1) is 0 Å². The molecule has 164 valence electrons. The number of nitrogens with one attached hydrogen (secondary N) is 1. The van der Waals surface area contributed by atoms with Gasteiger partial charge in [-0.25, -0.2) is 0 Å². The molecule has 0 atom stereocenters. The third-order valence-corrected chi connectivity index (χ3v) is 6.73. The Bertz CT molecular complexity index is 997. The summed E-state index contributed by atoms with van der Waals surface area (Å²) in [5.74, 6) is 0.897. The SMILES string of the molecule is C=C(Cc1ccc(CCc2ccc(C(C)(C)C)cc2)cc1)Nc1cc(C(C)(C)C)sn1. The molecule has 1 heterocycles. The van der Waals surface area contributed by atoms with Crippen molar-refractivity contribution < 1.29 is 0 Å². The van der Waals surface area contributed by atoms with Crippen molar-refractivity contribution in [2.45, 2.75) is 71.6 Å². The fourth-order valence-electron chi connectivity index (χ4n) is 3.44. The van der Waals surface area contributed by atoms with Gasteiger partial charge in [-0.3, -0.25) is 0 Å². The zero-order valence-electron chi connectivity index (χ0n) is 19.9. The van der Waals surface area contributed by atoms with Crippen LogP contribution < -0.4 is 5.32 Å². The molecule has 0 saturated carbocycles. The number of hydrogen-bond acceptors (Lipinski definition) is 3. The number of aryl methyl sites for hydroxylation is 2. The second kappa shape index (κ2) is 9.40. The Morgan fingerprint density at radius 3 is 1.81 bits per heavy atom. The number of anilines is 1. The summed E-state index contributed by atoms with van der Waals surface area (Å²) >= 11 is 1.56. The molecule has 0 aliphatic heterocycles. The molecule has 31 heavy (non-hydrogen) atoms. The standard InChI is InChI=1S/C28H36N2S/c1-20(29-26-19-25(31-30-26)28(5,6)7)18-23-12-10-21(11-13-23)8-9-22-14-16-24(17-15-22)27(2,3)4/h10-17,19H,1,8-9,18H2,2-7H3,(H,29,30). The molecule has 0 saturated heterocycles. The van der Waals surface area contributed by atoms with Gasteiger partial charge in [-0.1, -0.05) is 96.7 Å². The molecule has 0 fully saturated rings. The van der Waals surface area contributed by atoms with Crippen molar-refractivity contribution in [3.63, 3.8) is 0 Å². The minimum absolute atomic E-state index is 0.128. The van der Waals surface area contributed by atoms with Crippen LogP contribution in [0.25, 0.3) is 0 Å². The van der Waals surface area contributed by atoms with Gasteiger partial charge in [-0.2, -0.15) is 4.37 Å². The van der Waals surface area contributed by atoms with Crippen molar-refractivity contribution in [2.75, 3.05) is 5.32 Å². The van der Waals surface area contributed by atoms with Crippen molar-refractivity contribution in [3.05, 3.63) is 94.0 Å². The smallest absolute Gasteiger partial charge is 0.144 e. The van der Waals surface area contributed by atoms with Gasteiger partial charge in [0.15, 0.2) is 0 Å². The van der Waals surface area contributed by atoms with Gasteiger partial charge < -0.3 is 5.32 Å². The Labute approximate surface area is 192 Å². The van der Waals surface area contributed by atoms with E-state index in [4.69, 9.17) is 0 Å². The van der Waals surface area contributed by atoms with Crippen LogP contribution in [0.5, 0.6) is 0 Å². The fraction of sp³-hybridized carbons (Fsp3) is 0.393. The van der Waals surface area contributed by atoms with Crippen LogP contribution in [0.3, 0.4) is 0 Å².